The van der Waals surface area contributed by atoms with Crippen molar-refractivity contribution >= 4 is 5.97 Å². The van der Waals surface area contributed by atoms with Crippen LogP contribution in [-0.2, 0) is 9.53 Å². The number of carboxylic acids is 1. The fourth-order valence-electron chi connectivity index (χ4n) is 2.94. The maximum atomic E-state index is 11.4. The fourth-order valence-corrected chi connectivity index (χ4v) is 2.94. The van der Waals surface area contributed by atoms with Crippen molar-refractivity contribution in [3.05, 3.63) is 60.8 Å². The molecule has 182 valence electrons. The number of ether oxygens (including phenoxy) is 1. The highest BCUT2D eigenvalue weighted by molar-refractivity contribution is 5.72. The number of carboxylic acid groups (broad SMARTS) is 1. The number of allylic oxidation sites excluding steroid dienone is 10. The standard InChI is InChI=1S/C27H44O5/c1-4-5-6-7-8-9-10-11-12-13-14-15-16-17-18-19-20-21-22-32-25(27(30)31)23(2)24(3)26(28)29/h5-6,8-9,11-12,14-15,17-18,23-26,28-29H,4,7,10,13,16,19-22H2,1-3H3,(H,30,31)/b6-5-,9-8-,12-11-,15-14-,18-17-. The maximum Gasteiger partial charge on any atom is 0.333 e. The lowest BCUT2D eigenvalue weighted by Gasteiger charge is -2.27. The summed E-state index contributed by atoms with van der Waals surface area (Å²) in [5, 5.41) is 27.8. The van der Waals surface area contributed by atoms with Crippen molar-refractivity contribution in [1.29, 1.82) is 0 Å². The smallest absolute Gasteiger partial charge is 0.333 e. The first kappa shape index (κ1) is 30.0. The summed E-state index contributed by atoms with van der Waals surface area (Å²) in [5.74, 6) is -2.13. The average molecular weight is 449 g/mol. The molecule has 0 aromatic rings. The van der Waals surface area contributed by atoms with Gasteiger partial charge in [-0.25, -0.2) is 4.79 Å². The van der Waals surface area contributed by atoms with Gasteiger partial charge in [-0.2, -0.15) is 0 Å². The van der Waals surface area contributed by atoms with Crippen LogP contribution in [0, 0.1) is 11.8 Å². The van der Waals surface area contributed by atoms with Crippen LogP contribution in [0.3, 0.4) is 0 Å². The van der Waals surface area contributed by atoms with Crippen LogP contribution < -0.4 is 0 Å². The molecule has 5 nitrogen and oxygen atoms in total. The number of carbonyl (C=O) groups is 1. The fraction of sp³-hybridized carbons (Fsp3) is 0.593. The van der Waals surface area contributed by atoms with Gasteiger partial charge in [0.15, 0.2) is 12.4 Å². The summed E-state index contributed by atoms with van der Waals surface area (Å²) in [6.07, 6.45) is 26.7. The van der Waals surface area contributed by atoms with Gasteiger partial charge in [0, 0.05) is 18.4 Å². The van der Waals surface area contributed by atoms with Crippen LogP contribution in [0.4, 0.5) is 0 Å². The summed E-state index contributed by atoms with van der Waals surface area (Å²) in [7, 11) is 0. The van der Waals surface area contributed by atoms with E-state index in [4.69, 9.17) is 4.74 Å². The highest BCUT2D eigenvalue weighted by Gasteiger charge is 2.32. The summed E-state index contributed by atoms with van der Waals surface area (Å²) in [6.45, 7) is 5.76. The summed E-state index contributed by atoms with van der Waals surface area (Å²) in [5.41, 5.74) is 0. The minimum absolute atomic E-state index is 0.347. The number of aliphatic hydroxyl groups excluding tert-OH is 1. The third kappa shape index (κ3) is 16.7. The molecule has 3 N–H and O–H groups in total. The van der Waals surface area contributed by atoms with Crippen LogP contribution in [0.5, 0.6) is 0 Å². The van der Waals surface area contributed by atoms with E-state index >= 15 is 0 Å². The second-order valence-electron chi connectivity index (χ2n) is 7.97. The minimum Gasteiger partial charge on any atom is -0.479 e. The predicted octanol–water partition coefficient (Wildman–Crippen LogP) is 5.96. The molecule has 0 aromatic carbocycles. The van der Waals surface area contributed by atoms with Crippen LogP contribution in [0.15, 0.2) is 60.8 Å². The molecule has 0 fully saturated rings. The molecule has 0 heterocycles. The molecule has 0 rings (SSSR count). The van der Waals surface area contributed by atoms with Gasteiger partial charge in [0.25, 0.3) is 0 Å². The number of aliphatic hydroxyl groups is 2. The summed E-state index contributed by atoms with van der Waals surface area (Å²) in [4.78, 5) is 11.4. The number of hydrogen-bond acceptors (Lipinski definition) is 4. The quantitative estimate of drug-likeness (QED) is 0.129. The van der Waals surface area contributed by atoms with Gasteiger partial charge < -0.3 is 20.1 Å². The van der Waals surface area contributed by atoms with E-state index in [-0.39, 0.29) is 0 Å². The molecular weight excluding hydrogens is 404 g/mol. The van der Waals surface area contributed by atoms with Crippen LogP contribution in [0.25, 0.3) is 0 Å². The van der Waals surface area contributed by atoms with E-state index in [2.05, 4.69) is 67.7 Å². The Hall–Kier alpha value is -1.95. The van der Waals surface area contributed by atoms with Crippen molar-refractivity contribution in [3.8, 4) is 0 Å². The molecule has 0 aliphatic rings. The van der Waals surface area contributed by atoms with E-state index in [1.54, 1.807) is 13.8 Å². The molecule has 0 radical (unpaired) electrons. The first-order chi connectivity index (χ1) is 15.4. The third-order valence-corrected chi connectivity index (χ3v) is 5.24. The lowest BCUT2D eigenvalue weighted by atomic mass is 9.90. The minimum atomic E-state index is -1.55. The molecule has 0 saturated carbocycles. The molecule has 0 amide bonds. The Bertz CT molecular complexity index is 601. The predicted molar refractivity (Wildman–Crippen MR) is 132 cm³/mol. The first-order valence-electron chi connectivity index (χ1n) is 11.9. The van der Waals surface area contributed by atoms with Crippen molar-refractivity contribution in [2.45, 2.75) is 84.5 Å². The van der Waals surface area contributed by atoms with Gasteiger partial charge in [-0.1, -0.05) is 81.5 Å². The van der Waals surface area contributed by atoms with E-state index in [0.29, 0.717) is 6.61 Å². The molecule has 3 atom stereocenters. The molecule has 0 aromatic heterocycles. The Kier molecular flexibility index (Phi) is 19.7. The molecule has 0 aliphatic heterocycles. The molecular formula is C27H44O5. The SMILES string of the molecule is CC/C=C\C/C=C\C/C=C\C/C=C\C/C=C\CCCCOC(C(=O)O)C(C)C(C)C(O)O. The van der Waals surface area contributed by atoms with E-state index in [9.17, 15) is 20.1 Å². The molecule has 0 spiro atoms. The van der Waals surface area contributed by atoms with Gasteiger partial charge in [-0.3, -0.25) is 0 Å². The topological polar surface area (TPSA) is 87.0 Å². The van der Waals surface area contributed by atoms with Crippen molar-refractivity contribution < 1.29 is 24.9 Å². The molecule has 5 heteroatoms. The van der Waals surface area contributed by atoms with Gasteiger partial charge in [0.2, 0.25) is 0 Å². The molecule has 0 aliphatic carbocycles. The highest BCUT2D eigenvalue weighted by atomic mass is 16.5. The van der Waals surface area contributed by atoms with Crippen LogP contribution in [0.2, 0.25) is 0 Å². The lowest BCUT2D eigenvalue weighted by molar-refractivity contribution is -0.162. The van der Waals surface area contributed by atoms with Crippen LogP contribution >= 0.6 is 0 Å². The Morgan fingerprint density at radius 3 is 1.66 bits per heavy atom. The molecule has 3 unspecified atom stereocenters. The van der Waals surface area contributed by atoms with Gasteiger partial charge in [-0.15, -0.1) is 0 Å². The molecule has 0 bridgehead atoms. The normalized spacial score (nSPS) is 15.8. The molecule has 32 heavy (non-hydrogen) atoms. The summed E-state index contributed by atoms with van der Waals surface area (Å²) < 4.78 is 5.49. The van der Waals surface area contributed by atoms with Crippen molar-refractivity contribution in [2.24, 2.45) is 11.8 Å². The zero-order chi connectivity index (χ0) is 24.0. The van der Waals surface area contributed by atoms with Crippen LogP contribution in [-0.4, -0.2) is 40.3 Å². The Morgan fingerprint density at radius 2 is 1.22 bits per heavy atom. The van der Waals surface area contributed by atoms with Gasteiger partial charge in [0.05, 0.1) is 0 Å². The van der Waals surface area contributed by atoms with E-state index in [1.165, 1.54) is 0 Å². The third-order valence-electron chi connectivity index (χ3n) is 5.24. The van der Waals surface area contributed by atoms with Crippen molar-refractivity contribution in [3.63, 3.8) is 0 Å². The average Bonchev–Trinajstić information content (AvgIpc) is 2.76. The summed E-state index contributed by atoms with van der Waals surface area (Å²) >= 11 is 0. The number of hydrogen-bond donors (Lipinski definition) is 3. The molecule has 0 saturated heterocycles. The first-order valence-corrected chi connectivity index (χ1v) is 11.9. The highest BCUT2D eigenvalue weighted by Crippen LogP contribution is 2.21. The second-order valence-corrected chi connectivity index (χ2v) is 7.97. The largest absolute Gasteiger partial charge is 0.479 e. The maximum absolute atomic E-state index is 11.4. The zero-order valence-corrected chi connectivity index (χ0v) is 20.1. The van der Waals surface area contributed by atoms with Gasteiger partial charge >= 0.3 is 5.97 Å². The van der Waals surface area contributed by atoms with Crippen LogP contribution in [0.1, 0.15) is 72.1 Å². The van der Waals surface area contributed by atoms with E-state index in [0.717, 1.165) is 51.4 Å². The Balaban J connectivity index is 3.82. The van der Waals surface area contributed by atoms with E-state index < -0.39 is 30.2 Å². The zero-order valence-electron chi connectivity index (χ0n) is 20.1. The Morgan fingerprint density at radius 1 is 0.750 bits per heavy atom. The summed E-state index contributed by atoms with van der Waals surface area (Å²) in [6, 6.07) is 0. The Labute approximate surface area is 194 Å². The lowest BCUT2D eigenvalue weighted by Crippen LogP contribution is -2.38. The number of unbranched alkanes of at least 4 members (excludes halogenated alkanes) is 2. The number of aliphatic carboxylic acids is 1. The van der Waals surface area contributed by atoms with Gasteiger partial charge in [0.1, 0.15) is 0 Å². The second kappa shape index (κ2) is 20.9. The number of rotatable bonds is 19. The van der Waals surface area contributed by atoms with Gasteiger partial charge in [-0.05, 0) is 51.4 Å². The van der Waals surface area contributed by atoms with Crippen molar-refractivity contribution in [1.82, 2.24) is 0 Å². The van der Waals surface area contributed by atoms with Crippen molar-refractivity contribution in [2.75, 3.05) is 6.61 Å². The van der Waals surface area contributed by atoms with E-state index in [1.807, 2.05) is 0 Å². The monoisotopic (exact) mass is 448 g/mol.